The van der Waals surface area contributed by atoms with Crippen LogP contribution in [0.5, 0.6) is 0 Å². The van der Waals surface area contributed by atoms with Crippen LogP contribution in [0.4, 0.5) is 0 Å². The molecule has 5 rings (SSSR count). The predicted octanol–water partition coefficient (Wildman–Crippen LogP) is 1.06. The van der Waals surface area contributed by atoms with Crippen molar-refractivity contribution in [3.8, 4) is 0 Å². The van der Waals surface area contributed by atoms with E-state index < -0.39 is 15.3 Å². The number of aliphatic hydroxyl groups excluding tert-OH is 1. The molecule has 172 valence electrons. The van der Waals surface area contributed by atoms with Crippen LogP contribution < -0.4 is 5.32 Å². The van der Waals surface area contributed by atoms with Gasteiger partial charge in [-0.3, -0.25) is 9.69 Å². The molecule has 1 saturated carbocycles. The Hall–Kier alpha value is -1.49. The fourth-order valence-corrected chi connectivity index (χ4v) is 8.08. The molecule has 2 bridgehead atoms. The van der Waals surface area contributed by atoms with Gasteiger partial charge in [0.2, 0.25) is 10.0 Å². The quantitative estimate of drug-likeness (QED) is 0.636. The number of rotatable bonds is 7. The number of nitrogens with one attached hydrogen (secondary N) is 1. The van der Waals surface area contributed by atoms with Gasteiger partial charge in [-0.1, -0.05) is 5.16 Å². The lowest BCUT2D eigenvalue weighted by atomic mass is 9.99. The number of carbonyl (C=O) groups excluding carboxylic acids is 1. The standard InChI is InChI=1S/C21H32N4O5S/c26-9-8-24-7-1-2-18(13-24)31(28,29)25-16-5-6-17(25)11-15(10-16)22-21(27)19-12-20(30-23-19)14-3-4-14/h12,14-18,26H,1-11,13H2,(H,22,27)/t15-,16+,17-,18-/m0/s1. The van der Waals surface area contributed by atoms with Crippen LogP contribution >= 0.6 is 0 Å². The number of hydrogen-bond acceptors (Lipinski definition) is 7. The van der Waals surface area contributed by atoms with Crippen molar-refractivity contribution in [3.05, 3.63) is 17.5 Å². The summed E-state index contributed by atoms with van der Waals surface area (Å²) in [5, 5.41) is 15.8. The van der Waals surface area contributed by atoms with E-state index in [1.165, 1.54) is 0 Å². The maximum atomic E-state index is 13.5. The summed E-state index contributed by atoms with van der Waals surface area (Å²) < 4.78 is 34.1. The van der Waals surface area contributed by atoms with Crippen molar-refractivity contribution in [1.29, 1.82) is 0 Å². The molecule has 3 saturated heterocycles. The van der Waals surface area contributed by atoms with Crippen LogP contribution in [0.15, 0.2) is 10.6 Å². The van der Waals surface area contributed by atoms with Gasteiger partial charge in [0.05, 0.1) is 11.9 Å². The van der Waals surface area contributed by atoms with Crippen LogP contribution in [0.2, 0.25) is 0 Å². The second-order valence-corrected chi connectivity index (χ2v) is 11.7. The molecule has 2 N–H and O–H groups in total. The smallest absolute Gasteiger partial charge is 0.273 e. The summed E-state index contributed by atoms with van der Waals surface area (Å²) in [6.45, 7) is 1.92. The van der Waals surface area contributed by atoms with Crippen LogP contribution in [0.3, 0.4) is 0 Å². The Morgan fingerprint density at radius 3 is 2.61 bits per heavy atom. The fraction of sp³-hybridized carbons (Fsp3) is 0.810. The number of fused-ring (bicyclic) bond motifs is 2. The molecular weight excluding hydrogens is 420 g/mol. The highest BCUT2D eigenvalue weighted by molar-refractivity contribution is 7.89. The van der Waals surface area contributed by atoms with Crippen molar-refractivity contribution in [3.63, 3.8) is 0 Å². The molecule has 4 heterocycles. The van der Waals surface area contributed by atoms with E-state index in [1.807, 2.05) is 0 Å². The zero-order valence-corrected chi connectivity index (χ0v) is 18.6. The Morgan fingerprint density at radius 2 is 1.94 bits per heavy atom. The topological polar surface area (TPSA) is 116 Å². The molecule has 4 aliphatic rings. The van der Waals surface area contributed by atoms with Gasteiger partial charge in [0, 0.05) is 43.2 Å². The number of amides is 1. The van der Waals surface area contributed by atoms with E-state index in [-0.39, 0.29) is 30.6 Å². The monoisotopic (exact) mass is 452 g/mol. The van der Waals surface area contributed by atoms with Gasteiger partial charge in [-0.15, -0.1) is 0 Å². The second kappa shape index (κ2) is 8.46. The molecule has 0 unspecified atom stereocenters. The number of carbonyl (C=O) groups is 1. The lowest BCUT2D eigenvalue weighted by molar-refractivity contribution is 0.0899. The van der Waals surface area contributed by atoms with Crippen LogP contribution in [-0.4, -0.2) is 83.4 Å². The Morgan fingerprint density at radius 1 is 1.19 bits per heavy atom. The summed E-state index contributed by atoms with van der Waals surface area (Å²) in [6.07, 6.45) is 6.67. The average Bonchev–Trinajstić information content (AvgIpc) is 3.40. The van der Waals surface area contributed by atoms with Gasteiger partial charge in [0.15, 0.2) is 5.69 Å². The molecule has 0 aromatic carbocycles. The molecule has 10 heteroatoms. The van der Waals surface area contributed by atoms with Crippen LogP contribution in [0.25, 0.3) is 0 Å². The van der Waals surface area contributed by atoms with E-state index in [4.69, 9.17) is 4.52 Å². The van der Waals surface area contributed by atoms with Crippen LogP contribution in [-0.2, 0) is 10.0 Å². The number of hydrogen-bond donors (Lipinski definition) is 2. The van der Waals surface area contributed by atoms with Gasteiger partial charge < -0.3 is 14.9 Å². The van der Waals surface area contributed by atoms with Crippen LogP contribution in [0.1, 0.15) is 73.5 Å². The molecule has 0 radical (unpaired) electrons. The first-order chi connectivity index (χ1) is 15.0. The second-order valence-electron chi connectivity index (χ2n) is 9.58. The summed E-state index contributed by atoms with van der Waals surface area (Å²) in [7, 11) is -3.41. The number of sulfonamides is 1. The Kier molecular flexibility index (Phi) is 5.83. The summed E-state index contributed by atoms with van der Waals surface area (Å²) >= 11 is 0. The highest BCUT2D eigenvalue weighted by atomic mass is 32.2. The largest absolute Gasteiger partial charge is 0.395 e. The number of aromatic nitrogens is 1. The normalized spacial score (nSPS) is 32.3. The summed E-state index contributed by atoms with van der Waals surface area (Å²) in [5.74, 6) is 0.962. The molecule has 1 aromatic heterocycles. The molecule has 0 spiro atoms. The summed E-state index contributed by atoms with van der Waals surface area (Å²) in [4.78, 5) is 14.7. The third-order valence-electron chi connectivity index (χ3n) is 7.34. The average molecular weight is 453 g/mol. The molecular formula is C21H32N4O5S. The predicted molar refractivity (Wildman–Crippen MR) is 113 cm³/mol. The van der Waals surface area contributed by atoms with E-state index in [0.717, 1.165) is 44.4 Å². The number of piperidine rings is 2. The summed E-state index contributed by atoms with van der Waals surface area (Å²) in [5.41, 5.74) is 0.315. The zero-order chi connectivity index (χ0) is 21.6. The fourth-order valence-electron chi connectivity index (χ4n) is 5.66. The Bertz CT molecular complexity index is 899. The van der Waals surface area contributed by atoms with Crippen molar-refractivity contribution in [2.45, 2.75) is 80.7 Å². The highest BCUT2D eigenvalue weighted by Gasteiger charge is 2.49. The number of aliphatic hydroxyl groups is 1. The van der Waals surface area contributed by atoms with Gasteiger partial charge in [-0.25, -0.2) is 8.42 Å². The molecule has 3 aliphatic heterocycles. The Labute approximate surface area is 183 Å². The van der Waals surface area contributed by atoms with Gasteiger partial charge >= 0.3 is 0 Å². The van der Waals surface area contributed by atoms with Crippen molar-refractivity contribution >= 4 is 15.9 Å². The third-order valence-corrected chi connectivity index (χ3v) is 9.75. The van der Waals surface area contributed by atoms with Crippen molar-refractivity contribution in [2.24, 2.45) is 0 Å². The first-order valence-corrected chi connectivity index (χ1v) is 13.1. The third kappa shape index (κ3) is 4.27. The maximum absolute atomic E-state index is 13.5. The van der Waals surface area contributed by atoms with Crippen molar-refractivity contribution in [2.75, 3.05) is 26.2 Å². The van der Waals surface area contributed by atoms with E-state index in [9.17, 15) is 18.3 Å². The van der Waals surface area contributed by atoms with Crippen LogP contribution in [0, 0.1) is 0 Å². The molecule has 1 amide bonds. The summed E-state index contributed by atoms with van der Waals surface area (Å²) in [6, 6.07) is 1.58. The van der Waals surface area contributed by atoms with Gasteiger partial charge in [0.1, 0.15) is 5.76 Å². The van der Waals surface area contributed by atoms with Crippen molar-refractivity contribution in [1.82, 2.24) is 19.7 Å². The van der Waals surface area contributed by atoms with E-state index in [2.05, 4.69) is 15.4 Å². The minimum atomic E-state index is -3.41. The Balaban J connectivity index is 1.22. The van der Waals surface area contributed by atoms with Gasteiger partial charge in [0.25, 0.3) is 5.91 Å². The minimum absolute atomic E-state index is 0.0465. The van der Waals surface area contributed by atoms with E-state index in [0.29, 0.717) is 44.0 Å². The molecule has 31 heavy (non-hydrogen) atoms. The lowest BCUT2D eigenvalue weighted by Crippen LogP contribution is -2.56. The molecule has 4 atom stereocenters. The molecule has 1 aromatic rings. The maximum Gasteiger partial charge on any atom is 0.273 e. The van der Waals surface area contributed by atoms with Gasteiger partial charge in [-0.2, -0.15) is 4.31 Å². The number of likely N-dealkylation sites (tertiary alicyclic amines) is 1. The molecule has 9 nitrogen and oxygen atoms in total. The molecule has 1 aliphatic carbocycles. The first kappa shape index (κ1) is 21.4. The lowest BCUT2D eigenvalue weighted by Gasteiger charge is -2.41. The molecule has 4 fully saturated rings. The number of β-amino-alcohol motifs (C(OH)–C–C–N with tert-alkyl or cyclic N) is 1. The van der Waals surface area contributed by atoms with Crippen molar-refractivity contribution < 1.29 is 22.8 Å². The SMILES string of the molecule is O=C(N[C@H]1C[C@H]2CC[C@@H](C1)N2S(=O)(=O)[C@H]1CCCN(CCO)C1)c1cc(C2CC2)on1. The first-order valence-electron chi connectivity index (χ1n) is 11.6. The van der Waals surface area contributed by atoms with E-state index in [1.54, 1.807) is 10.4 Å². The van der Waals surface area contributed by atoms with E-state index >= 15 is 0 Å². The zero-order valence-electron chi connectivity index (χ0n) is 17.8. The highest BCUT2D eigenvalue weighted by Crippen LogP contribution is 2.41. The minimum Gasteiger partial charge on any atom is -0.395 e. The number of nitrogens with zero attached hydrogens (tertiary/aromatic N) is 3. The van der Waals surface area contributed by atoms with Gasteiger partial charge in [-0.05, 0) is 57.9 Å².